The highest BCUT2D eigenvalue weighted by Crippen LogP contribution is 2.21. The molecule has 4 nitrogen and oxygen atoms in total. The third-order valence-electron chi connectivity index (χ3n) is 2.77. The van der Waals surface area contributed by atoms with Gasteiger partial charge in [0.25, 0.3) is 0 Å². The highest BCUT2D eigenvalue weighted by atomic mass is 35.5. The van der Waals surface area contributed by atoms with E-state index in [1.165, 1.54) is 12.3 Å². The van der Waals surface area contributed by atoms with E-state index in [1.807, 2.05) is 30.1 Å². The molecule has 0 saturated heterocycles. The molecule has 0 aliphatic rings. The third kappa shape index (κ3) is 3.40. The fraction of sp³-hybridized carbons (Fsp3) is 0.143. The first kappa shape index (κ1) is 14.6. The number of hydrogen-bond acceptors (Lipinski definition) is 3. The summed E-state index contributed by atoms with van der Waals surface area (Å²) >= 11 is 11.7. The van der Waals surface area contributed by atoms with Crippen molar-refractivity contribution in [2.24, 2.45) is 0 Å². The van der Waals surface area contributed by atoms with E-state index < -0.39 is 5.97 Å². The van der Waals surface area contributed by atoms with Crippen molar-refractivity contribution in [2.75, 3.05) is 11.9 Å². The lowest BCUT2D eigenvalue weighted by atomic mass is 10.2. The van der Waals surface area contributed by atoms with Crippen LogP contribution in [0.1, 0.15) is 15.9 Å². The predicted octanol–water partition coefficient (Wildman–Crippen LogP) is 3.72. The molecule has 104 valence electrons. The lowest BCUT2D eigenvalue weighted by molar-refractivity contribution is 0.0697. The number of halogens is 2. The van der Waals surface area contributed by atoms with E-state index in [-0.39, 0.29) is 10.6 Å². The molecule has 1 heterocycles. The van der Waals surface area contributed by atoms with Gasteiger partial charge in [0.1, 0.15) is 5.82 Å². The largest absolute Gasteiger partial charge is 0.478 e. The van der Waals surface area contributed by atoms with Gasteiger partial charge in [-0.25, -0.2) is 9.78 Å². The molecule has 1 N–H and O–H groups in total. The quantitative estimate of drug-likeness (QED) is 0.935. The molecule has 0 atom stereocenters. The highest BCUT2D eigenvalue weighted by Gasteiger charge is 2.12. The van der Waals surface area contributed by atoms with E-state index in [0.29, 0.717) is 17.4 Å². The van der Waals surface area contributed by atoms with Crippen LogP contribution in [0.2, 0.25) is 10.0 Å². The van der Waals surface area contributed by atoms with Crippen LogP contribution in [0.25, 0.3) is 0 Å². The van der Waals surface area contributed by atoms with Crippen LogP contribution >= 0.6 is 23.2 Å². The molecule has 0 bridgehead atoms. The Hall–Kier alpha value is -1.78. The van der Waals surface area contributed by atoms with Crippen molar-refractivity contribution >= 4 is 35.0 Å². The minimum absolute atomic E-state index is 0.0367. The van der Waals surface area contributed by atoms with Crippen LogP contribution in [0.15, 0.2) is 36.5 Å². The normalized spacial score (nSPS) is 10.3. The Morgan fingerprint density at radius 3 is 2.75 bits per heavy atom. The maximum absolute atomic E-state index is 11.1. The fourth-order valence-electron chi connectivity index (χ4n) is 1.79. The molecule has 0 radical (unpaired) electrons. The highest BCUT2D eigenvalue weighted by molar-refractivity contribution is 6.33. The number of benzene rings is 1. The summed E-state index contributed by atoms with van der Waals surface area (Å²) in [5.74, 6) is -0.540. The van der Waals surface area contributed by atoms with Gasteiger partial charge in [-0.3, -0.25) is 0 Å². The number of aromatic nitrogens is 1. The Morgan fingerprint density at radius 1 is 1.35 bits per heavy atom. The topological polar surface area (TPSA) is 53.4 Å². The molecule has 0 unspecified atom stereocenters. The van der Waals surface area contributed by atoms with E-state index in [4.69, 9.17) is 28.3 Å². The van der Waals surface area contributed by atoms with E-state index >= 15 is 0 Å². The molecule has 0 saturated carbocycles. The van der Waals surface area contributed by atoms with Gasteiger partial charge >= 0.3 is 5.97 Å². The summed E-state index contributed by atoms with van der Waals surface area (Å²) < 4.78 is 0. The fourth-order valence-corrected chi connectivity index (χ4v) is 2.19. The lowest BCUT2D eigenvalue weighted by Gasteiger charge is -2.19. The van der Waals surface area contributed by atoms with E-state index in [0.717, 1.165) is 5.56 Å². The minimum Gasteiger partial charge on any atom is -0.478 e. The average molecular weight is 311 g/mol. The van der Waals surface area contributed by atoms with Crippen molar-refractivity contribution in [3.63, 3.8) is 0 Å². The van der Waals surface area contributed by atoms with Crippen LogP contribution in [-0.2, 0) is 6.54 Å². The van der Waals surface area contributed by atoms with Crippen molar-refractivity contribution in [2.45, 2.75) is 6.54 Å². The Kier molecular flexibility index (Phi) is 4.47. The molecule has 1 aromatic heterocycles. The summed E-state index contributed by atoms with van der Waals surface area (Å²) in [4.78, 5) is 17.0. The van der Waals surface area contributed by atoms with Gasteiger partial charge in [0, 0.05) is 24.8 Å². The Bertz CT molecular complexity index is 647. The molecular formula is C14H12Cl2N2O2. The molecule has 2 rings (SSSR count). The van der Waals surface area contributed by atoms with Gasteiger partial charge in [-0.2, -0.15) is 0 Å². The number of carboxylic acids is 1. The zero-order valence-electron chi connectivity index (χ0n) is 10.7. The number of rotatable bonds is 4. The summed E-state index contributed by atoms with van der Waals surface area (Å²) in [7, 11) is 1.82. The Morgan fingerprint density at radius 2 is 2.10 bits per heavy atom. The molecule has 6 heteroatoms. The molecule has 0 aliphatic heterocycles. The molecule has 0 amide bonds. The molecule has 0 fully saturated rings. The number of carboxylic acid groups (broad SMARTS) is 1. The number of carbonyl (C=O) groups is 1. The standard InChI is InChI=1S/C14H12Cl2N2O2/c1-18(8-9-3-2-4-10(15)5-9)13-6-11(14(19)20)12(16)7-17-13/h2-7H,8H2,1H3,(H,19,20). The second-order valence-corrected chi connectivity index (χ2v) is 5.16. The van der Waals surface area contributed by atoms with Gasteiger partial charge in [0.05, 0.1) is 10.6 Å². The van der Waals surface area contributed by atoms with Crippen LogP contribution in [0.3, 0.4) is 0 Å². The van der Waals surface area contributed by atoms with Crippen LogP contribution < -0.4 is 4.90 Å². The van der Waals surface area contributed by atoms with E-state index in [9.17, 15) is 4.79 Å². The van der Waals surface area contributed by atoms with Crippen molar-refractivity contribution in [1.29, 1.82) is 0 Å². The first-order valence-corrected chi connectivity index (χ1v) is 6.57. The maximum atomic E-state index is 11.1. The van der Waals surface area contributed by atoms with Gasteiger partial charge in [-0.05, 0) is 23.8 Å². The molecule has 1 aromatic carbocycles. The van der Waals surface area contributed by atoms with Crippen molar-refractivity contribution in [3.8, 4) is 0 Å². The average Bonchev–Trinajstić information content (AvgIpc) is 2.38. The Labute approximate surface area is 126 Å². The van der Waals surface area contributed by atoms with Crippen LogP contribution in [0, 0.1) is 0 Å². The number of hydrogen-bond donors (Lipinski definition) is 1. The predicted molar refractivity (Wildman–Crippen MR) is 79.8 cm³/mol. The van der Waals surface area contributed by atoms with Gasteiger partial charge in [-0.15, -0.1) is 0 Å². The SMILES string of the molecule is CN(Cc1cccc(Cl)c1)c1cc(C(=O)O)c(Cl)cn1. The van der Waals surface area contributed by atoms with Crippen molar-refractivity contribution in [3.05, 3.63) is 57.7 Å². The molecular weight excluding hydrogens is 299 g/mol. The van der Waals surface area contributed by atoms with Gasteiger partial charge < -0.3 is 10.0 Å². The monoisotopic (exact) mass is 310 g/mol. The zero-order valence-corrected chi connectivity index (χ0v) is 12.2. The summed E-state index contributed by atoms with van der Waals surface area (Å²) in [6.07, 6.45) is 1.34. The van der Waals surface area contributed by atoms with Gasteiger partial charge in [-0.1, -0.05) is 35.3 Å². The van der Waals surface area contributed by atoms with Crippen LogP contribution in [0.4, 0.5) is 5.82 Å². The first-order valence-electron chi connectivity index (χ1n) is 5.82. The van der Waals surface area contributed by atoms with Crippen LogP contribution in [0.5, 0.6) is 0 Å². The number of nitrogens with zero attached hydrogens (tertiary/aromatic N) is 2. The van der Waals surface area contributed by atoms with Gasteiger partial charge in [0.15, 0.2) is 0 Å². The molecule has 0 aliphatic carbocycles. The first-order chi connectivity index (χ1) is 9.47. The summed E-state index contributed by atoms with van der Waals surface area (Å²) in [6, 6.07) is 8.91. The third-order valence-corrected chi connectivity index (χ3v) is 3.31. The van der Waals surface area contributed by atoms with Crippen molar-refractivity contribution in [1.82, 2.24) is 4.98 Å². The summed E-state index contributed by atoms with van der Waals surface area (Å²) in [6.45, 7) is 0.564. The maximum Gasteiger partial charge on any atom is 0.337 e. The van der Waals surface area contributed by atoms with Crippen LogP contribution in [-0.4, -0.2) is 23.1 Å². The Balaban J connectivity index is 2.23. The second-order valence-electron chi connectivity index (χ2n) is 4.31. The number of anilines is 1. The molecule has 0 spiro atoms. The van der Waals surface area contributed by atoms with E-state index in [2.05, 4.69) is 4.98 Å². The minimum atomic E-state index is -1.07. The second kappa shape index (κ2) is 6.11. The van der Waals surface area contributed by atoms with Gasteiger partial charge in [0.2, 0.25) is 0 Å². The summed E-state index contributed by atoms with van der Waals surface area (Å²) in [5, 5.41) is 9.83. The summed E-state index contributed by atoms with van der Waals surface area (Å²) in [5.41, 5.74) is 1.04. The van der Waals surface area contributed by atoms with E-state index in [1.54, 1.807) is 6.07 Å². The number of aromatic carboxylic acids is 1. The van der Waals surface area contributed by atoms with Crippen molar-refractivity contribution < 1.29 is 9.90 Å². The number of pyridine rings is 1. The molecule has 20 heavy (non-hydrogen) atoms. The zero-order chi connectivity index (χ0) is 14.7. The lowest BCUT2D eigenvalue weighted by Crippen LogP contribution is -2.18. The molecule has 2 aromatic rings. The smallest absolute Gasteiger partial charge is 0.337 e.